The van der Waals surface area contributed by atoms with Crippen molar-refractivity contribution in [1.82, 2.24) is 16.2 Å². The van der Waals surface area contributed by atoms with Crippen LogP contribution < -0.4 is 25.6 Å². The molecule has 198 valence electrons. The summed E-state index contributed by atoms with van der Waals surface area (Å²) in [5.41, 5.74) is 5.65. The number of nitro benzene ring substituents is 1. The topological polar surface area (TPSA) is 132 Å². The molecule has 0 saturated heterocycles. The van der Waals surface area contributed by atoms with Gasteiger partial charge in [0.1, 0.15) is 0 Å². The normalized spacial score (nSPS) is 11.7. The lowest BCUT2D eigenvalue weighted by atomic mass is 10.1. The molecule has 0 saturated carbocycles. The average Bonchev–Trinajstić information content (AvgIpc) is 2.83. The number of hydrazine groups is 1. The number of unbranched alkanes of at least 4 members (excludes halogenated alkanes) is 3. The van der Waals surface area contributed by atoms with Gasteiger partial charge in [0.25, 0.3) is 5.69 Å². The predicted octanol–water partition coefficient (Wildman–Crippen LogP) is 4.58. The van der Waals surface area contributed by atoms with E-state index in [0.717, 1.165) is 32.1 Å². The van der Waals surface area contributed by atoms with Gasteiger partial charge < -0.3 is 14.8 Å². The van der Waals surface area contributed by atoms with Gasteiger partial charge in [0.15, 0.2) is 11.5 Å². The summed E-state index contributed by atoms with van der Waals surface area (Å²) in [5, 5.41) is 14.6. The zero-order valence-corrected chi connectivity index (χ0v) is 21.8. The van der Waals surface area contributed by atoms with Crippen LogP contribution in [0.4, 0.5) is 5.69 Å². The molecule has 1 rings (SSSR count). The van der Waals surface area contributed by atoms with E-state index in [2.05, 4.69) is 23.1 Å². The second kappa shape index (κ2) is 16.7. The maximum absolute atomic E-state index is 12.0. The summed E-state index contributed by atoms with van der Waals surface area (Å²) >= 11 is 0. The molecular formula is C25H42N4O6. The molecule has 10 nitrogen and oxygen atoms in total. The van der Waals surface area contributed by atoms with Gasteiger partial charge in [-0.05, 0) is 38.2 Å². The number of nitrogens with one attached hydrogen (secondary N) is 3. The van der Waals surface area contributed by atoms with Gasteiger partial charge >= 0.3 is 0 Å². The monoisotopic (exact) mass is 494 g/mol. The van der Waals surface area contributed by atoms with Crippen LogP contribution >= 0.6 is 0 Å². The van der Waals surface area contributed by atoms with Crippen molar-refractivity contribution in [3.63, 3.8) is 0 Å². The third kappa shape index (κ3) is 11.9. The van der Waals surface area contributed by atoms with Gasteiger partial charge in [-0.2, -0.15) is 0 Å². The Morgan fingerprint density at radius 2 is 1.77 bits per heavy atom. The van der Waals surface area contributed by atoms with E-state index in [-0.39, 0.29) is 29.9 Å². The lowest BCUT2D eigenvalue weighted by molar-refractivity contribution is -0.385. The van der Waals surface area contributed by atoms with Crippen LogP contribution in [0.25, 0.3) is 0 Å². The van der Waals surface area contributed by atoms with Crippen LogP contribution in [-0.4, -0.2) is 37.0 Å². The molecule has 0 fully saturated rings. The number of amides is 2. The highest BCUT2D eigenvalue weighted by Gasteiger charge is 2.24. The molecule has 0 bridgehead atoms. The summed E-state index contributed by atoms with van der Waals surface area (Å²) in [6.07, 6.45) is 6.30. The van der Waals surface area contributed by atoms with Gasteiger partial charge in [0.2, 0.25) is 11.8 Å². The predicted molar refractivity (Wildman–Crippen MR) is 135 cm³/mol. The van der Waals surface area contributed by atoms with E-state index >= 15 is 0 Å². The van der Waals surface area contributed by atoms with Crippen LogP contribution in [0.15, 0.2) is 12.1 Å². The quantitative estimate of drug-likeness (QED) is 0.155. The van der Waals surface area contributed by atoms with Crippen molar-refractivity contribution in [2.24, 2.45) is 5.92 Å². The van der Waals surface area contributed by atoms with E-state index in [1.807, 2.05) is 13.8 Å². The SMILES string of the molecule is CCCCCCNC(=O)CCCOc1cc([N+](=O)[O-])c(C(C)NNC(=O)CCC(C)C)cc1OC. The molecule has 10 heteroatoms. The first-order valence-corrected chi connectivity index (χ1v) is 12.5. The van der Waals surface area contributed by atoms with Gasteiger partial charge in [-0.3, -0.25) is 25.1 Å². The number of rotatable bonds is 18. The summed E-state index contributed by atoms with van der Waals surface area (Å²) in [6.45, 7) is 8.82. The molecule has 0 heterocycles. The van der Waals surface area contributed by atoms with Crippen molar-refractivity contribution in [3.8, 4) is 11.5 Å². The fraction of sp³-hybridized carbons (Fsp3) is 0.680. The van der Waals surface area contributed by atoms with E-state index in [9.17, 15) is 19.7 Å². The molecule has 0 aromatic heterocycles. The summed E-state index contributed by atoms with van der Waals surface area (Å²) in [6, 6.07) is 2.32. The highest BCUT2D eigenvalue weighted by Crippen LogP contribution is 2.37. The highest BCUT2D eigenvalue weighted by atomic mass is 16.6. The number of benzene rings is 1. The first-order chi connectivity index (χ1) is 16.7. The zero-order chi connectivity index (χ0) is 26.2. The lowest BCUT2D eigenvalue weighted by Crippen LogP contribution is -2.39. The van der Waals surface area contributed by atoms with Crippen molar-refractivity contribution in [2.45, 2.75) is 85.1 Å². The highest BCUT2D eigenvalue weighted by molar-refractivity contribution is 5.76. The minimum atomic E-state index is -0.539. The van der Waals surface area contributed by atoms with Gasteiger partial charge in [-0.25, -0.2) is 5.43 Å². The summed E-state index contributed by atoms with van der Waals surface area (Å²) in [5.74, 6) is 0.765. The Bertz CT molecular complexity index is 815. The second-order valence-corrected chi connectivity index (χ2v) is 9.03. The molecule has 35 heavy (non-hydrogen) atoms. The number of methoxy groups -OCH3 is 1. The summed E-state index contributed by atoms with van der Waals surface area (Å²) in [4.78, 5) is 35.2. The van der Waals surface area contributed by atoms with Gasteiger partial charge in [-0.15, -0.1) is 0 Å². The largest absolute Gasteiger partial charge is 0.493 e. The van der Waals surface area contributed by atoms with Crippen molar-refractivity contribution in [1.29, 1.82) is 0 Å². The molecule has 1 aromatic carbocycles. The zero-order valence-electron chi connectivity index (χ0n) is 21.8. The first-order valence-electron chi connectivity index (χ1n) is 12.5. The standard InChI is InChI=1S/C25H42N4O6/c1-6-7-8-9-14-26-24(30)11-10-15-35-23-17-21(29(32)33)20(16-22(23)34-5)19(4)27-28-25(31)13-12-18(2)3/h16-19,27H,6-15H2,1-5H3,(H,26,30)(H,28,31). The Hall–Kier alpha value is -2.88. The summed E-state index contributed by atoms with van der Waals surface area (Å²) in [7, 11) is 1.45. The van der Waals surface area contributed by atoms with Crippen molar-refractivity contribution in [3.05, 3.63) is 27.8 Å². The maximum atomic E-state index is 12.0. The van der Waals surface area contributed by atoms with Crippen molar-refractivity contribution < 1.29 is 24.0 Å². The molecule has 0 aliphatic carbocycles. The number of ether oxygens (including phenoxy) is 2. The lowest BCUT2D eigenvalue weighted by Gasteiger charge is -2.18. The second-order valence-electron chi connectivity index (χ2n) is 9.03. The van der Waals surface area contributed by atoms with Gasteiger partial charge in [0, 0.05) is 19.4 Å². The molecule has 0 radical (unpaired) electrons. The molecule has 3 N–H and O–H groups in total. The van der Waals surface area contributed by atoms with Crippen LogP contribution in [0.2, 0.25) is 0 Å². The molecule has 1 unspecified atom stereocenters. The molecular weight excluding hydrogens is 452 g/mol. The first kappa shape index (κ1) is 30.2. The number of carbonyl (C=O) groups excluding carboxylic acids is 2. The Kier molecular flexibility index (Phi) is 14.4. The van der Waals surface area contributed by atoms with E-state index in [4.69, 9.17) is 9.47 Å². The molecule has 2 amide bonds. The Morgan fingerprint density at radius 3 is 2.40 bits per heavy atom. The van der Waals surface area contributed by atoms with E-state index in [1.54, 1.807) is 6.92 Å². The van der Waals surface area contributed by atoms with Crippen LogP contribution in [0, 0.1) is 16.0 Å². The molecule has 0 aliphatic heterocycles. The minimum absolute atomic E-state index is 0.0336. The third-order valence-electron chi connectivity index (χ3n) is 5.51. The van der Waals surface area contributed by atoms with E-state index < -0.39 is 11.0 Å². The average molecular weight is 495 g/mol. The Balaban J connectivity index is 2.68. The van der Waals surface area contributed by atoms with Crippen LogP contribution in [0.3, 0.4) is 0 Å². The number of hydrogen-bond acceptors (Lipinski definition) is 7. The van der Waals surface area contributed by atoms with Gasteiger partial charge in [0.05, 0.1) is 36.3 Å². The Morgan fingerprint density at radius 1 is 1.03 bits per heavy atom. The van der Waals surface area contributed by atoms with Crippen LogP contribution in [0.5, 0.6) is 11.5 Å². The van der Waals surface area contributed by atoms with E-state index in [0.29, 0.717) is 43.0 Å². The third-order valence-corrected chi connectivity index (χ3v) is 5.51. The number of nitro groups is 1. The van der Waals surface area contributed by atoms with Crippen LogP contribution in [-0.2, 0) is 9.59 Å². The smallest absolute Gasteiger partial charge is 0.278 e. The summed E-state index contributed by atoms with van der Waals surface area (Å²) < 4.78 is 11.1. The molecule has 1 atom stereocenters. The van der Waals surface area contributed by atoms with Crippen molar-refractivity contribution in [2.75, 3.05) is 20.3 Å². The number of carbonyl (C=O) groups is 2. The van der Waals surface area contributed by atoms with E-state index in [1.165, 1.54) is 19.2 Å². The van der Waals surface area contributed by atoms with Gasteiger partial charge in [-0.1, -0.05) is 40.0 Å². The molecule has 1 aromatic rings. The minimum Gasteiger partial charge on any atom is -0.493 e. The number of nitrogens with zero attached hydrogens (tertiary/aromatic N) is 1. The van der Waals surface area contributed by atoms with Crippen LogP contribution in [0.1, 0.15) is 90.7 Å². The molecule has 0 aliphatic rings. The maximum Gasteiger partial charge on any atom is 0.278 e. The number of hydrogen-bond donors (Lipinski definition) is 3. The van der Waals surface area contributed by atoms with Crippen molar-refractivity contribution >= 4 is 17.5 Å². The Labute approximate surface area is 208 Å². The fourth-order valence-corrected chi connectivity index (χ4v) is 3.37. The molecule has 0 spiro atoms. The fourth-order valence-electron chi connectivity index (χ4n) is 3.37.